The van der Waals surface area contributed by atoms with Crippen LogP contribution in [-0.4, -0.2) is 56.5 Å². The summed E-state index contributed by atoms with van der Waals surface area (Å²) in [6, 6.07) is 7.18. The van der Waals surface area contributed by atoms with Gasteiger partial charge in [-0.1, -0.05) is 11.6 Å². The van der Waals surface area contributed by atoms with E-state index in [0.717, 1.165) is 10.5 Å². The molecule has 3 heterocycles. The topological polar surface area (TPSA) is 131 Å². The van der Waals surface area contributed by atoms with E-state index in [1.165, 1.54) is 16.2 Å². The van der Waals surface area contributed by atoms with Gasteiger partial charge in [-0.25, -0.2) is 0 Å². The number of hydrogen-bond donors (Lipinski definition) is 4. The molecule has 188 valence electrons. The van der Waals surface area contributed by atoms with Crippen molar-refractivity contribution in [3.63, 3.8) is 0 Å². The van der Waals surface area contributed by atoms with Crippen molar-refractivity contribution in [2.75, 3.05) is 13.2 Å². The predicted octanol–water partition coefficient (Wildman–Crippen LogP) is 2.48. The molecule has 0 saturated carbocycles. The summed E-state index contributed by atoms with van der Waals surface area (Å²) in [7, 11) is 0. The lowest BCUT2D eigenvalue weighted by atomic mass is 9.68. The number of carbonyl (C=O) groups excluding carboxylic acids is 2. The van der Waals surface area contributed by atoms with Crippen LogP contribution in [0.15, 0.2) is 50.8 Å². The molecule has 2 amide bonds. The van der Waals surface area contributed by atoms with Gasteiger partial charge in [0.25, 0.3) is 0 Å². The average molecular weight is 502 g/mol. The van der Waals surface area contributed by atoms with Crippen LogP contribution in [0.5, 0.6) is 0 Å². The van der Waals surface area contributed by atoms with Gasteiger partial charge in [0.2, 0.25) is 11.8 Å². The largest absolute Gasteiger partial charge is 0.459 e. The number of carbonyl (C=O) groups is 2. The van der Waals surface area contributed by atoms with Crippen LogP contribution in [0.2, 0.25) is 0 Å². The van der Waals surface area contributed by atoms with Gasteiger partial charge in [-0.3, -0.25) is 14.5 Å². The minimum Gasteiger partial charge on any atom is -0.459 e. The van der Waals surface area contributed by atoms with E-state index in [4.69, 9.17) is 9.52 Å². The number of thiophene rings is 1. The number of aliphatic hydroxyl groups is 4. The van der Waals surface area contributed by atoms with E-state index in [0.29, 0.717) is 35.5 Å². The third-order valence-corrected chi connectivity index (χ3v) is 7.82. The fourth-order valence-corrected chi connectivity index (χ4v) is 5.97. The Kier molecular flexibility index (Phi) is 8.03. The van der Waals surface area contributed by atoms with Crippen LogP contribution >= 0.6 is 11.3 Å². The summed E-state index contributed by atoms with van der Waals surface area (Å²) in [5, 5.41) is 42.5. The van der Waals surface area contributed by atoms with Gasteiger partial charge in [-0.15, -0.1) is 11.3 Å². The summed E-state index contributed by atoms with van der Waals surface area (Å²) in [6.07, 6.45) is 1.89. The van der Waals surface area contributed by atoms with E-state index in [1.807, 2.05) is 30.5 Å². The molecule has 4 N–H and O–H groups in total. The van der Waals surface area contributed by atoms with Crippen molar-refractivity contribution in [2.45, 2.75) is 45.4 Å². The number of nitrogens with zero attached hydrogens (tertiary/aromatic N) is 1. The first-order chi connectivity index (χ1) is 16.9. The molecule has 1 aliphatic heterocycles. The standard InChI is InChI=1S/C26H31NO7S/c1-15(9-17-5-6-18(13-29)34-17)4-7-22(31)23-16(12-28)10-20-24(21(23)14-30)26(33)27(25(20)32)11-19-3-2-8-35-19/h2-3,5-6,8-9,20-22,24,28-31H,4,7,10-14H2,1H3/b15-9+/t20-,21+,22-,24-/m1/s1. The van der Waals surface area contributed by atoms with Gasteiger partial charge < -0.3 is 24.8 Å². The Labute approximate surface area is 207 Å². The highest BCUT2D eigenvalue weighted by Gasteiger charge is 2.54. The van der Waals surface area contributed by atoms with Gasteiger partial charge in [-0.2, -0.15) is 0 Å². The minimum absolute atomic E-state index is 0.180. The molecule has 0 bridgehead atoms. The highest BCUT2D eigenvalue weighted by Crippen LogP contribution is 2.46. The molecule has 2 aromatic rings. The highest BCUT2D eigenvalue weighted by atomic mass is 32.1. The molecule has 2 aliphatic rings. The van der Waals surface area contributed by atoms with Crippen molar-refractivity contribution in [1.82, 2.24) is 4.90 Å². The third kappa shape index (κ3) is 5.19. The number of hydrogen-bond acceptors (Lipinski definition) is 8. The molecule has 0 radical (unpaired) electrons. The monoisotopic (exact) mass is 501 g/mol. The van der Waals surface area contributed by atoms with E-state index in [1.54, 1.807) is 12.1 Å². The molecule has 4 rings (SSSR count). The molecule has 1 saturated heterocycles. The maximum absolute atomic E-state index is 13.3. The fourth-order valence-electron chi connectivity index (χ4n) is 5.28. The van der Waals surface area contributed by atoms with Gasteiger partial charge in [0, 0.05) is 10.8 Å². The molecule has 2 aromatic heterocycles. The van der Waals surface area contributed by atoms with Gasteiger partial charge >= 0.3 is 0 Å². The van der Waals surface area contributed by atoms with Gasteiger partial charge in [0.05, 0.1) is 37.7 Å². The van der Waals surface area contributed by atoms with Crippen LogP contribution in [0.4, 0.5) is 0 Å². The third-order valence-electron chi connectivity index (χ3n) is 6.96. The summed E-state index contributed by atoms with van der Waals surface area (Å²) in [5.41, 5.74) is 1.94. The lowest BCUT2D eigenvalue weighted by Gasteiger charge is -2.36. The Bertz CT molecular complexity index is 1120. The number of imide groups is 1. The zero-order valence-corrected chi connectivity index (χ0v) is 20.4. The predicted molar refractivity (Wildman–Crippen MR) is 130 cm³/mol. The molecule has 8 nitrogen and oxygen atoms in total. The number of aliphatic hydroxyl groups excluding tert-OH is 4. The molecular formula is C26H31NO7S. The zero-order valence-electron chi connectivity index (χ0n) is 19.6. The Morgan fingerprint density at radius 2 is 2.00 bits per heavy atom. The summed E-state index contributed by atoms with van der Waals surface area (Å²) >= 11 is 1.47. The van der Waals surface area contributed by atoms with E-state index in [9.17, 15) is 24.9 Å². The SMILES string of the molecule is C/C(=C\c1ccc(CO)o1)CC[C@@H](O)C1=C(CO)C[C@H]2C(=O)N(Cc3cccs3)C(=O)[C@H]2[C@H]1CO. The molecule has 1 aliphatic carbocycles. The highest BCUT2D eigenvalue weighted by molar-refractivity contribution is 7.09. The Balaban J connectivity index is 1.51. The van der Waals surface area contributed by atoms with Crippen LogP contribution in [0.3, 0.4) is 0 Å². The number of allylic oxidation sites excluding steroid dienone is 1. The van der Waals surface area contributed by atoms with Gasteiger partial charge in [0.15, 0.2) is 0 Å². The van der Waals surface area contributed by atoms with Crippen LogP contribution in [0.25, 0.3) is 6.08 Å². The second-order valence-electron chi connectivity index (χ2n) is 9.19. The smallest absolute Gasteiger partial charge is 0.234 e. The first-order valence-corrected chi connectivity index (χ1v) is 12.6. The first-order valence-electron chi connectivity index (χ1n) is 11.7. The molecule has 0 unspecified atom stereocenters. The van der Waals surface area contributed by atoms with Crippen molar-refractivity contribution in [3.05, 3.63) is 62.8 Å². The summed E-state index contributed by atoms with van der Waals surface area (Å²) < 4.78 is 5.47. The molecule has 4 atom stereocenters. The molecular weight excluding hydrogens is 470 g/mol. The fraction of sp³-hybridized carbons (Fsp3) is 0.462. The average Bonchev–Trinajstić information content (AvgIpc) is 3.59. The van der Waals surface area contributed by atoms with Crippen molar-refractivity contribution in [3.8, 4) is 0 Å². The zero-order chi connectivity index (χ0) is 25.1. The number of rotatable bonds is 10. The normalized spacial score (nSPS) is 23.9. The summed E-state index contributed by atoms with van der Waals surface area (Å²) in [6.45, 7) is 1.18. The van der Waals surface area contributed by atoms with E-state index in [2.05, 4.69) is 0 Å². The van der Waals surface area contributed by atoms with Crippen LogP contribution in [-0.2, 0) is 22.7 Å². The molecule has 0 spiro atoms. The Morgan fingerprint density at radius 3 is 2.63 bits per heavy atom. The molecule has 0 aromatic carbocycles. The molecule has 35 heavy (non-hydrogen) atoms. The number of fused-ring (bicyclic) bond motifs is 1. The van der Waals surface area contributed by atoms with Gasteiger partial charge in [0.1, 0.15) is 18.1 Å². The Morgan fingerprint density at radius 1 is 1.20 bits per heavy atom. The Hall–Kier alpha value is -2.56. The second kappa shape index (κ2) is 11.0. The maximum Gasteiger partial charge on any atom is 0.234 e. The van der Waals surface area contributed by atoms with Crippen molar-refractivity contribution in [1.29, 1.82) is 0 Å². The lowest BCUT2D eigenvalue weighted by molar-refractivity contribution is -0.140. The quantitative estimate of drug-likeness (QED) is 0.291. The van der Waals surface area contributed by atoms with Gasteiger partial charge in [-0.05, 0) is 67.0 Å². The summed E-state index contributed by atoms with van der Waals surface area (Å²) in [5.74, 6) is -1.66. The van der Waals surface area contributed by atoms with E-state index in [-0.39, 0.29) is 38.0 Å². The number of likely N-dealkylation sites (tertiary alicyclic amines) is 1. The second-order valence-corrected chi connectivity index (χ2v) is 10.2. The van der Waals surface area contributed by atoms with Crippen LogP contribution in [0, 0.1) is 17.8 Å². The van der Waals surface area contributed by atoms with Crippen molar-refractivity contribution >= 4 is 29.2 Å². The van der Waals surface area contributed by atoms with Crippen LogP contribution in [0.1, 0.15) is 42.6 Å². The number of amides is 2. The van der Waals surface area contributed by atoms with E-state index < -0.39 is 30.5 Å². The first kappa shape index (κ1) is 25.5. The maximum atomic E-state index is 13.3. The lowest BCUT2D eigenvalue weighted by Crippen LogP contribution is -2.39. The number of furan rings is 1. The minimum atomic E-state index is -0.975. The van der Waals surface area contributed by atoms with Crippen molar-refractivity contribution in [2.24, 2.45) is 17.8 Å². The summed E-state index contributed by atoms with van der Waals surface area (Å²) in [4.78, 5) is 28.6. The molecule has 1 fully saturated rings. The van der Waals surface area contributed by atoms with E-state index >= 15 is 0 Å². The molecule has 9 heteroatoms. The van der Waals surface area contributed by atoms with Crippen molar-refractivity contribution < 1.29 is 34.4 Å². The van der Waals surface area contributed by atoms with Crippen LogP contribution < -0.4 is 0 Å².